The number of carbonyl (C=O) groups excluding carboxylic acids is 1. The van der Waals surface area contributed by atoms with Crippen molar-refractivity contribution >= 4 is 17.7 Å². The van der Waals surface area contributed by atoms with Crippen LogP contribution in [0.5, 0.6) is 0 Å². The minimum atomic E-state index is -0.266. The molecule has 1 saturated carbocycles. The molecule has 2 aromatic rings. The van der Waals surface area contributed by atoms with Gasteiger partial charge < -0.3 is 10.2 Å². The first kappa shape index (κ1) is 20.3. The molecule has 2 heterocycles. The molecule has 2 atom stereocenters. The number of amides is 1. The van der Waals surface area contributed by atoms with Crippen LogP contribution in [0.2, 0.25) is 0 Å². The van der Waals surface area contributed by atoms with E-state index in [2.05, 4.69) is 49.8 Å². The maximum absolute atomic E-state index is 13.0. The van der Waals surface area contributed by atoms with E-state index in [4.69, 9.17) is 0 Å². The number of nitrogens with one attached hydrogen (secondary N) is 1. The molecule has 1 aromatic carbocycles. The van der Waals surface area contributed by atoms with Gasteiger partial charge in [-0.3, -0.25) is 9.69 Å². The van der Waals surface area contributed by atoms with E-state index in [9.17, 15) is 4.79 Å². The van der Waals surface area contributed by atoms with Crippen LogP contribution in [0.25, 0.3) is 0 Å². The van der Waals surface area contributed by atoms with E-state index in [1.807, 2.05) is 29.8 Å². The number of piperazine rings is 1. The molecule has 156 valence electrons. The summed E-state index contributed by atoms with van der Waals surface area (Å²) in [6.07, 6.45) is 2.22. The Labute approximate surface area is 176 Å². The molecule has 1 aliphatic carbocycles. The Hall–Kier alpha value is -1.97. The smallest absolute Gasteiger partial charge is 0.233 e. The lowest BCUT2D eigenvalue weighted by Crippen LogP contribution is -2.48. The molecule has 1 aliphatic heterocycles. The summed E-state index contributed by atoms with van der Waals surface area (Å²) in [5.74, 6) is 0.0170. The number of likely N-dealkylation sites (N-methyl/N-ethyl adjacent to an activating group) is 1. The van der Waals surface area contributed by atoms with Crippen LogP contribution in [-0.4, -0.2) is 80.9 Å². The Kier molecular flexibility index (Phi) is 6.46. The number of thioether (sulfide) groups is 1. The predicted molar refractivity (Wildman–Crippen MR) is 113 cm³/mol. The van der Waals surface area contributed by atoms with E-state index in [1.54, 1.807) is 0 Å². The Bertz CT molecular complexity index is 802. The monoisotopic (exact) mass is 415 g/mol. The molecule has 2 unspecified atom stereocenters. The number of nitrogens with zero attached hydrogens (tertiary/aromatic N) is 6. The van der Waals surface area contributed by atoms with Crippen LogP contribution in [0.3, 0.4) is 0 Å². The van der Waals surface area contributed by atoms with Crippen molar-refractivity contribution in [1.82, 2.24) is 35.3 Å². The van der Waals surface area contributed by atoms with Crippen LogP contribution in [-0.2, 0) is 4.79 Å². The summed E-state index contributed by atoms with van der Waals surface area (Å²) in [5, 5.41) is 15.7. The topological polar surface area (TPSA) is 79.2 Å². The Morgan fingerprint density at radius 3 is 2.62 bits per heavy atom. The van der Waals surface area contributed by atoms with Gasteiger partial charge in [-0.05, 0) is 42.8 Å². The standard InChI is InChI=1S/C20H29N7OS/c1-15(29-20-22-23-24-27(20)17-8-9-17)19(28)21-18(16-6-4-3-5-7-16)14-26-12-10-25(2)11-13-26/h3-7,15,17-18H,8-14H2,1-2H3,(H,21,28). The Morgan fingerprint density at radius 1 is 1.21 bits per heavy atom. The number of rotatable bonds is 8. The highest BCUT2D eigenvalue weighted by Crippen LogP contribution is 2.37. The van der Waals surface area contributed by atoms with Crippen molar-refractivity contribution in [3.8, 4) is 0 Å². The summed E-state index contributed by atoms with van der Waals surface area (Å²) >= 11 is 1.43. The lowest BCUT2D eigenvalue weighted by Gasteiger charge is -2.35. The quantitative estimate of drug-likeness (QED) is 0.656. The highest BCUT2D eigenvalue weighted by Gasteiger charge is 2.30. The highest BCUT2D eigenvalue weighted by molar-refractivity contribution is 8.00. The van der Waals surface area contributed by atoms with Gasteiger partial charge in [-0.1, -0.05) is 42.1 Å². The van der Waals surface area contributed by atoms with E-state index in [-0.39, 0.29) is 17.2 Å². The van der Waals surface area contributed by atoms with Crippen LogP contribution < -0.4 is 5.32 Å². The summed E-state index contributed by atoms with van der Waals surface area (Å²) in [4.78, 5) is 17.8. The zero-order valence-corrected chi connectivity index (χ0v) is 17.9. The van der Waals surface area contributed by atoms with Crippen LogP contribution in [0.4, 0.5) is 0 Å². The minimum Gasteiger partial charge on any atom is -0.347 e. The zero-order chi connectivity index (χ0) is 20.2. The van der Waals surface area contributed by atoms with Crippen molar-refractivity contribution in [1.29, 1.82) is 0 Å². The van der Waals surface area contributed by atoms with Crippen LogP contribution in [0.1, 0.15) is 37.4 Å². The first-order valence-corrected chi connectivity index (χ1v) is 11.2. The molecule has 2 fully saturated rings. The van der Waals surface area contributed by atoms with Gasteiger partial charge in [0.2, 0.25) is 11.1 Å². The van der Waals surface area contributed by atoms with Crippen molar-refractivity contribution in [3.63, 3.8) is 0 Å². The van der Waals surface area contributed by atoms with E-state index in [0.717, 1.165) is 56.3 Å². The molecule has 9 heteroatoms. The second-order valence-corrected chi connectivity index (χ2v) is 9.28. The molecule has 4 rings (SSSR count). The molecular weight excluding hydrogens is 386 g/mol. The van der Waals surface area contributed by atoms with E-state index in [0.29, 0.717) is 6.04 Å². The maximum Gasteiger partial charge on any atom is 0.233 e. The second kappa shape index (κ2) is 9.23. The van der Waals surface area contributed by atoms with E-state index < -0.39 is 0 Å². The number of hydrogen-bond donors (Lipinski definition) is 1. The SMILES string of the molecule is CC(Sc1nnnn1C1CC1)C(=O)NC(CN1CCN(C)CC1)c1ccccc1. The first-order valence-electron chi connectivity index (χ1n) is 10.3. The summed E-state index contributed by atoms with van der Waals surface area (Å²) in [5.41, 5.74) is 1.14. The predicted octanol–water partition coefficient (Wildman–Crippen LogP) is 1.59. The normalized spacial score (nSPS) is 20.3. The number of carbonyl (C=O) groups is 1. The van der Waals surface area contributed by atoms with Crippen molar-refractivity contribution < 1.29 is 4.79 Å². The van der Waals surface area contributed by atoms with Crippen molar-refractivity contribution in [2.45, 2.75) is 42.3 Å². The number of hydrogen-bond acceptors (Lipinski definition) is 7. The summed E-state index contributed by atoms with van der Waals surface area (Å²) in [7, 11) is 2.15. The van der Waals surface area contributed by atoms with Crippen molar-refractivity contribution in [3.05, 3.63) is 35.9 Å². The summed E-state index contributed by atoms with van der Waals surface area (Å²) < 4.78 is 1.85. The highest BCUT2D eigenvalue weighted by atomic mass is 32.2. The van der Waals surface area contributed by atoms with E-state index >= 15 is 0 Å². The molecule has 0 bridgehead atoms. The van der Waals surface area contributed by atoms with Gasteiger partial charge in [-0.2, -0.15) is 0 Å². The van der Waals surface area contributed by atoms with Gasteiger partial charge in [0, 0.05) is 32.7 Å². The second-order valence-electron chi connectivity index (χ2n) is 7.97. The molecule has 1 saturated heterocycles. The van der Waals surface area contributed by atoms with Crippen LogP contribution >= 0.6 is 11.8 Å². The lowest BCUT2D eigenvalue weighted by atomic mass is 10.1. The Balaban J connectivity index is 1.40. The molecule has 2 aliphatic rings. The van der Waals surface area contributed by atoms with E-state index in [1.165, 1.54) is 11.8 Å². The number of benzene rings is 1. The maximum atomic E-state index is 13.0. The molecule has 0 spiro atoms. The fraction of sp³-hybridized carbons (Fsp3) is 0.600. The minimum absolute atomic E-state index is 0.0170. The summed E-state index contributed by atoms with van der Waals surface area (Å²) in [6.45, 7) is 6.91. The molecule has 1 N–H and O–H groups in total. The first-order chi connectivity index (χ1) is 14.1. The molecular formula is C20H29N7OS. The molecule has 1 amide bonds. The molecule has 29 heavy (non-hydrogen) atoms. The van der Waals surface area contributed by atoms with Gasteiger partial charge in [-0.15, -0.1) is 5.10 Å². The van der Waals surface area contributed by atoms with Crippen molar-refractivity contribution in [2.75, 3.05) is 39.8 Å². The van der Waals surface area contributed by atoms with Gasteiger partial charge >= 0.3 is 0 Å². The van der Waals surface area contributed by atoms with Crippen molar-refractivity contribution in [2.24, 2.45) is 0 Å². The fourth-order valence-corrected chi connectivity index (χ4v) is 4.39. The third-order valence-corrected chi connectivity index (χ3v) is 6.61. The van der Waals surface area contributed by atoms with Crippen LogP contribution in [0, 0.1) is 0 Å². The van der Waals surface area contributed by atoms with Gasteiger partial charge in [0.1, 0.15) is 0 Å². The number of tetrazole rings is 1. The largest absolute Gasteiger partial charge is 0.347 e. The summed E-state index contributed by atoms with van der Waals surface area (Å²) in [6, 6.07) is 10.6. The molecule has 8 nitrogen and oxygen atoms in total. The molecule has 0 radical (unpaired) electrons. The average molecular weight is 416 g/mol. The average Bonchev–Trinajstić information content (AvgIpc) is 3.48. The zero-order valence-electron chi connectivity index (χ0n) is 17.1. The van der Waals surface area contributed by atoms with Gasteiger partial charge in [0.25, 0.3) is 0 Å². The lowest BCUT2D eigenvalue weighted by molar-refractivity contribution is -0.121. The third kappa shape index (κ3) is 5.34. The van der Waals surface area contributed by atoms with Gasteiger partial charge in [-0.25, -0.2) is 4.68 Å². The van der Waals surface area contributed by atoms with Gasteiger partial charge in [0.15, 0.2) is 0 Å². The van der Waals surface area contributed by atoms with Crippen LogP contribution in [0.15, 0.2) is 35.5 Å². The fourth-order valence-electron chi connectivity index (χ4n) is 3.52. The number of aromatic nitrogens is 4. The third-order valence-electron chi connectivity index (χ3n) is 5.56. The Morgan fingerprint density at radius 2 is 1.93 bits per heavy atom. The van der Waals surface area contributed by atoms with Gasteiger partial charge in [0.05, 0.1) is 17.3 Å². The molecule has 1 aromatic heterocycles.